The summed E-state index contributed by atoms with van der Waals surface area (Å²) in [6, 6.07) is 17.8. The molecule has 1 fully saturated rings. The molecule has 1 N–H and O–H groups in total. The van der Waals surface area contributed by atoms with E-state index >= 15 is 0 Å². The molecule has 0 bridgehead atoms. The van der Waals surface area contributed by atoms with Crippen molar-refractivity contribution in [2.75, 3.05) is 4.90 Å². The second-order valence-electron chi connectivity index (χ2n) is 7.94. The van der Waals surface area contributed by atoms with Crippen LogP contribution in [0.3, 0.4) is 0 Å². The number of anilines is 1. The molecule has 0 saturated carbocycles. The topological polar surface area (TPSA) is 54.3 Å². The van der Waals surface area contributed by atoms with E-state index in [2.05, 4.69) is 28.9 Å². The summed E-state index contributed by atoms with van der Waals surface area (Å²) in [4.78, 5) is 27.6. The Morgan fingerprint density at radius 2 is 1.75 bits per heavy atom. The number of carbonyl (C=O) groups excluding carboxylic acids is 2. The van der Waals surface area contributed by atoms with Crippen LogP contribution >= 0.6 is 12.2 Å². The molecule has 2 aromatic carbocycles. The molecule has 5 nitrogen and oxygen atoms in total. The average Bonchev–Trinajstić information content (AvgIpc) is 3.04. The van der Waals surface area contributed by atoms with E-state index in [1.807, 2.05) is 63.2 Å². The Hall–Kier alpha value is -3.51. The minimum absolute atomic E-state index is 0.0639. The third-order valence-electron chi connectivity index (χ3n) is 5.75. The zero-order valence-corrected chi connectivity index (χ0v) is 19.4. The molecule has 6 heteroatoms. The zero-order chi connectivity index (χ0) is 23.0. The van der Waals surface area contributed by atoms with Crippen LogP contribution in [0, 0.1) is 20.8 Å². The fourth-order valence-electron chi connectivity index (χ4n) is 4.16. The van der Waals surface area contributed by atoms with Crippen LogP contribution in [0.2, 0.25) is 0 Å². The zero-order valence-electron chi connectivity index (χ0n) is 18.6. The van der Waals surface area contributed by atoms with Gasteiger partial charge in [-0.05, 0) is 86.4 Å². The summed E-state index contributed by atoms with van der Waals surface area (Å²) in [5.41, 5.74) is 6.74. The highest BCUT2D eigenvalue weighted by Crippen LogP contribution is 2.28. The predicted octanol–water partition coefficient (Wildman–Crippen LogP) is 4.80. The summed E-state index contributed by atoms with van der Waals surface area (Å²) in [6.45, 7) is 8.07. The SMILES string of the molecule is CCc1ccccc1N1C(=O)/C(=C/c2cc(C)n(-c3cccc(C)c3)c2C)C(=O)NC1=S. The third kappa shape index (κ3) is 3.78. The van der Waals surface area contributed by atoms with Crippen molar-refractivity contribution in [3.8, 4) is 5.69 Å². The molecule has 3 aromatic rings. The van der Waals surface area contributed by atoms with Crippen LogP contribution < -0.4 is 10.2 Å². The average molecular weight is 444 g/mol. The van der Waals surface area contributed by atoms with Gasteiger partial charge in [-0.1, -0.05) is 37.3 Å². The Labute approximate surface area is 193 Å². The van der Waals surface area contributed by atoms with Crippen LogP contribution in [-0.2, 0) is 16.0 Å². The van der Waals surface area contributed by atoms with Gasteiger partial charge in [-0.15, -0.1) is 0 Å². The van der Waals surface area contributed by atoms with Crippen molar-refractivity contribution in [1.29, 1.82) is 0 Å². The Balaban J connectivity index is 1.79. The summed E-state index contributed by atoms with van der Waals surface area (Å²) < 4.78 is 2.12. The highest BCUT2D eigenvalue weighted by atomic mass is 32.1. The van der Waals surface area contributed by atoms with E-state index in [4.69, 9.17) is 12.2 Å². The fraction of sp³-hybridized carbons (Fsp3) is 0.192. The maximum Gasteiger partial charge on any atom is 0.270 e. The van der Waals surface area contributed by atoms with E-state index in [0.717, 1.165) is 40.2 Å². The van der Waals surface area contributed by atoms with Gasteiger partial charge in [-0.25, -0.2) is 0 Å². The van der Waals surface area contributed by atoms with Crippen molar-refractivity contribution < 1.29 is 9.59 Å². The van der Waals surface area contributed by atoms with Gasteiger partial charge in [0, 0.05) is 17.1 Å². The Kier molecular flexibility index (Phi) is 5.80. The number of hydrogen-bond acceptors (Lipinski definition) is 3. The number of benzene rings is 2. The van der Waals surface area contributed by atoms with Crippen molar-refractivity contribution >= 4 is 40.9 Å². The summed E-state index contributed by atoms with van der Waals surface area (Å²) in [5.74, 6) is -0.898. The van der Waals surface area contributed by atoms with E-state index in [1.165, 1.54) is 4.90 Å². The van der Waals surface area contributed by atoms with Gasteiger partial charge in [0.25, 0.3) is 11.8 Å². The van der Waals surface area contributed by atoms with Crippen LogP contribution in [-0.4, -0.2) is 21.5 Å². The molecule has 0 spiro atoms. The lowest BCUT2D eigenvalue weighted by Gasteiger charge is -2.30. The highest BCUT2D eigenvalue weighted by Gasteiger charge is 2.35. The molecule has 0 radical (unpaired) electrons. The molecule has 1 saturated heterocycles. The number of para-hydroxylation sites is 1. The smallest absolute Gasteiger partial charge is 0.270 e. The number of hydrogen-bond donors (Lipinski definition) is 1. The van der Waals surface area contributed by atoms with Gasteiger partial charge in [0.2, 0.25) is 0 Å². The molecule has 1 aliphatic rings. The highest BCUT2D eigenvalue weighted by molar-refractivity contribution is 7.80. The van der Waals surface area contributed by atoms with Crippen LogP contribution in [0.15, 0.2) is 60.2 Å². The largest absolute Gasteiger partial charge is 0.318 e. The molecule has 0 unspecified atom stereocenters. The third-order valence-corrected chi connectivity index (χ3v) is 6.03. The second-order valence-corrected chi connectivity index (χ2v) is 8.33. The number of nitrogens with one attached hydrogen (secondary N) is 1. The van der Waals surface area contributed by atoms with Gasteiger partial charge in [-0.2, -0.15) is 0 Å². The minimum atomic E-state index is -0.481. The lowest BCUT2D eigenvalue weighted by molar-refractivity contribution is -0.122. The van der Waals surface area contributed by atoms with Crippen molar-refractivity contribution in [3.05, 3.63) is 88.2 Å². The van der Waals surface area contributed by atoms with Gasteiger partial charge in [-0.3, -0.25) is 19.8 Å². The maximum absolute atomic E-state index is 13.4. The van der Waals surface area contributed by atoms with Crippen molar-refractivity contribution in [2.24, 2.45) is 0 Å². The van der Waals surface area contributed by atoms with Gasteiger partial charge < -0.3 is 4.57 Å². The Bertz CT molecular complexity index is 1290. The van der Waals surface area contributed by atoms with Crippen LogP contribution in [0.1, 0.15) is 35.0 Å². The van der Waals surface area contributed by atoms with Crippen LogP contribution in [0.25, 0.3) is 11.8 Å². The van der Waals surface area contributed by atoms with Crippen molar-refractivity contribution in [3.63, 3.8) is 0 Å². The molecule has 0 atom stereocenters. The van der Waals surface area contributed by atoms with E-state index in [9.17, 15) is 9.59 Å². The quantitative estimate of drug-likeness (QED) is 0.358. The van der Waals surface area contributed by atoms with E-state index < -0.39 is 11.8 Å². The van der Waals surface area contributed by atoms with Crippen LogP contribution in [0.5, 0.6) is 0 Å². The molecular weight excluding hydrogens is 418 g/mol. The first-order valence-corrected chi connectivity index (χ1v) is 11.0. The molecule has 1 aromatic heterocycles. The minimum Gasteiger partial charge on any atom is -0.318 e. The van der Waals surface area contributed by atoms with Gasteiger partial charge in [0.15, 0.2) is 5.11 Å². The van der Waals surface area contributed by atoms with Gasteiger partial charge >= 0.3 is 0 Å². The second kappa shape index (κ2) is 8.55. The summed E-state index contributed by atoms with van der Waals surface area (Å²) in [6.07, 6.45) is 2.41. The van der Waals surface area contributed by atoms with Gasteiger partial charge in [0.05, 0.1) is 5.69 Å². The van der Waals surface area contributed by atoms with E-state index in [0.29, 0.717) is 5.69 Å². The number of rotatable bonds is 4. The summed E-state index contributed by atoms with van der Waals surface area (Å²) in [7, 11) is 0. The fourth-order valence-corrected chi connectivity index (χ4v) is 4.43. The Morgan fingerprint density at radius 3 is 2.47 bits per heavy atom. The number of amides is 2. The predicted molar refractivity (Wildman–Crippen MR) is 132 cm³/mol. The summed E-state index contributed by atoms with van der Waals surface area (Å²) in [5, 5.41) is 2.78. The van der Waals surface area contributed by atoms with Crippen LogP contribution in [0.4, 0.5) is 5.69 Å². The van der Waals surface area contributed by atoms with E-state index in [-0.39, 0.29) is 10.7 Å². The van der Waals surface area contributed by atoms with Gasteiger partial charge in [0.1, 0.15) is 5.57 Å². The maximum atomic E-state index is 13.4. The molecule has 2 heterocycles. The number of aryl methyl sites for hydroxylation is 3. The molecule has 4 rings (SSSR count). The first kappa shape index (κ1) is 21.7. The first-order valence-electron chi connectivity index (χ1n) is 10.6. The molecular formula is C26H25N3O2S. The number of carbonyl (C=O) groups is 2. The standard InChI is InChI=1S/C26H25N3O2S/c1-5-19-10-6-7-12-23(19)29-25(31)22(24(30)27-26(29)32)15-20-14-17(3)28(18(20)4)21-11-8-9-16(2)13-21/h6-15H,5H2,1-4H3,(H,27,30,32)/b22-15+. The molecule has 32 heavy (non-hydrogen) atoms. The summed E-state index contributed by atoms with van der Waals surface area (Å²) >= 11 is 5.36. The molecule has 2 amide bonds. The lowest BCUT2D eigenvalue weighted by Crippen LogP contribution is -2.54. The monoisotopic (exact) mass is 443 g/mol. The number of nitrogens with zero attached hydrogens (tertiary/aromatic N) is 2. The van der Waals surface area contributed by atoms with E-state index in [1.54, 1.807) is 6.08 Å². The number of aromatic nitrogens is 1. The molecule has 0 aliphatic carbocycles. The lowest BCUT2D eigenvalue weighted by atomic mass is 10.0. The molecule has 162 valence electrons. The molecule has 1 aliphatic heterocycles. The first-order chi connectivity index (χ1) is 15.3. The van der Waals surface area contributed by atoms with Crippen molar-refractivity contribution in [2.45, 2.75) is 34.1 Å². The van der Waals surface area contributed by atoms with Crippen molar-refractivity contribution in [1.82, 2.24) is 9.88 Å². The Morgan fingerprint density at radius 1 is 1.00 bits per heavy atom. The number of thiocarbonyl (C=S) groups is 1. The normalized spacial score (nSPS) is 15.4.